The van der Waals surface area contributed by atoms with E-state index in [-0.39, 0.29) is 0 Å². The van der Waals surface area contributed by atoms with E-state index in [4.69, 9.17) is 0 Å². The molecular formula is C17H27N. The van der Waals surface area contributed by atoms with Crippen LogP contribution < -0.4 is 0 Å². The summed E-state index contributed by atoms with van der Waals surface area (Å²) in [5.41, 5.74) is 3.13. The van der Waals surface area contributed by atoms with Gasteiger partial charge in [-0.25, -0.2) is 0 Å². The highest BCUT2D eigenvalue weighted by molar-refractivity contribution is 5.27. The minimum Gasteiger partial charge on any atom is -0.303 e. The molecule has 1 saturated heterocycles. The SMILES string of the molecule is Cc1ccc(C(C)(C)CCN2CCCCC2)cc1. The maximum atomic E-state index is 2.64. The number of aryl methyl sites for hydroxylation is 1. The van der Waals surface area contributed by atoms with Gasteiger partial charge in [0.15, 0.2) is 0 Å². The van der Waals surface area contributed by atoms with Gasteiger partial charge in [-0.3, -0.25) is 0 Å². The Labute approximate surface area is 112 Å². The molecule has 0 amide bonds. The molecule has 1 aliphatic heterocycles. The van der Waals surface area contributed by atoms with E-state index in [0.29, 0.717) is 5.41 Å². The molecule has 0 unspecified atom stereocenters. The van der Waals surface area contributed by atoms with Crippen molar-refractivity contribution in [2.75, 3.05) is 19.6 Å². The number of hydrogen-bond donors (Lipinski definition) is 0. The first-order valence-electron chi connectivity index (χ1n) is 7.37. The number of benzene rings is 1. The molecule has 1 aliphatic rings. The number of nitrogens with zero attached hydrogens (tertiary/aromatic N) is 1. The van der Waals surface area contributed by atoms with E-state index in [1.165, 1.54) is 56.4 Å². The lowest BCUT2D eigenvalue weighted by atomic mass is 9.81. The number of likely N-dealkylation sites (tertiary alicyclic amines) is 1. The van der Waals surface area contributed by atoms with E-state index in [2.05, 4.69) is 49.9 Å². The molecule has 0 aliphatic carbocycles. The molecule has 0 saturated carbocycles. The van der Waals surface area contributed by atoms with E-state index in [0.717, 1.165) is 0 Å². The summed E-state index contributed by atoms with van der Waals surface area (Å²) in [5.74, 6) is 0. The van der Waals surface area contributed by atoms with Crippen LogP contribution in [0.4, 0.5) is 0 Å². The normalized spacial score (nSPS) is 17.9. The first-order valence-corrected chi connectivity index (χ1v) is 7.37. The minimum absolute atomic E-state index is 0.297. The van der Waals surface area contributed by atoms with Crippen molar-refractivity contribution in [3.63, 3.8) is 0 Å². The molecule has 1 fully saturated rings. The predicted molar refractivity (Wildman–Crippen MR) is 79.1 cm³/mol. The molecule has 0 N–H and O–H groups in total. The quantitative estimate of drug-likeness (QED) is 0.770. The van der Waals surface area contributed by atoms with Crippen LogP contribution in [-0.2, 0) is 5.41 Å². The topological polar surface area (TPSA) is 3.24 Å². The number of hydrogen-bond acceptors (Lipinski definition) is 1. The monoisotopic (exact) mass is 245 g/mol. The second kappa shape index (κ2) is 5.88. The summed E-state index contributed by atoms with van der Waals surface area (Å²) >= 11 is 0. The second-order valence-electron chi connectivity index (χ2n) is 6.40. The van der Waals surface area contributed by atoms with Crippen LogP contribution in [0.2, 0.25) is 0 Å². The summed E-state index contributed by atoms with van der Waals surface area (Å²) in [4.78, 5) is 2.64. The van der Waals surface area contributed by atoms with Crippen molar-refractivity contribution in [1.82, 2.24) is 4.90 Å². The molecule has 0 aromatic heterocycles. The summed E-state index contributed by atoms with van der Waals surface area (Å²) in [6, 6.07) is 9.06. The van der Waals surface area contributed by atoms with Crippen LogP contribution in [0.15, 0.2) is 24.3 Å². The van der Waals surface area contributed by atoms with Crippen LogP contribution in [0.1, 0.15) is 50.7 Å². The Morgan fingerprint density at radius 2 is 1.61 bits per heavy atom. The predicted octanol–water partition coefficient (Wildman–Crippen LogP) is 4.15. The van der Waals surface area contributed by atoms with Gasteiger partial charge in [0.1, 0.15) is 0 Å². The van der Waals surface area contributed by atoms with Crippen molar-refractivity contribution < 1.29 is 0 Å². The summed E-state index contributed by atoms with van der Waals surface area (Å²) in [5, 5.41) is 0. The van der Waals surface area contributed by atoms with Gasteiger partial charge in [0.05, 0.1) is 0 Å². The van der Waals surface area contributed by atoms with Crippen molar-refractivity contribution in [3.8, 4) is 0 Å². The summed E-state index contributed by atoms with van der Waals surface area (Å²) in [6.07, 6.45) is 5.48. The Hall–Kier alpha value is -0.820. The van der Waals surface area contributed by atoms with Crippen molar-refractivity contribution >= 4 is 0 Å². The smallest absolute Gasteiger partial charge is 0.00104 e. The fourth-order valence-corrected chi connectivity index (χ4v) is 2.77. The third-order valence-corrected chi connectivity index (χ3v) is 4.33. The Kier molecular flexibility index (Phi) is 4.45. The Balaban J connectivity index is 1.91. The van der Waals surface area contributed by atoms with Crippen LogP contribution in [0.3, 0.4) is 0 Å². The second-order valence-corrected chi connectivity index (χ2v) is 6.40. The van der Waals surface area contributed by atoms with E-state index >= 15 is 0 Å². The van der Waals surface area contributed by atoms with Crippen LogP contribution >= 0.6 is 0 Å². The molecule has 2 rings (SSSR count). The van der Waals surface area contributed by atoms with Gasteiger partial charge in [-0.05, 0) is 56.8 Å². The molecule has 1 nitrogen and oxygen atoms in total. The van der Waals surface area contributed by atoms with Gasteiger partial charge >= 0.3 is 0 Å². The third kappa shape index (κ3) is 3.58. The maximum Gasteiger partial charge on any atom is -0.00104 e. The molecule has 100 valence electrons. The minimum atomic E-state index is 0.297. The fraction of sp³-hybridized carbons (Fsp3) is 0.647. The van der Waals surface area contributed by atoms with Crippen LogP contribution in [-0.4, -0.2) is 24.5 Å². The van der Waals surface area contributed by atoms with Crippen molar-refractivity contribution in [2.24, 2.45) is 0 Å². The Bertz CT molecular complexity index is 358. The van der Waals surface area contributed by atoms with E-state index in [1.54, 1.807) is 0 Å². The zero-order valence-corrected chi connectivity index (χ0v) is 12.2. The third-order valence-electron chi connectivity index (χ3n) is 4.33. The molecule has 0 bridgehead atoms. The van der Waals surface area contributed by atoms with Gasteiger partial charge in [0.2, 0.25) is 0 Å². The first-order chi connectivity index (χ1) is 8.58. The van der Waals surface area contributed by atoms with Crippen molar-refractivity contribution in [3.05, 3.63) is 35.4 Å². The van der Waals surface area contributed by atoms with Gasteiger partial charge in [0, 0.05) is 0 Å². The van der Waals surface area contributed by atoms with Gasteiger partial charge in [-0.2, -0.15) is 0 Å². The van der Waals surface area contributed by atoms with Crippen molar-refractivity contribution in [2.45, 2.75) is 51.9 Å². The van der Waals surface area contributed by atoms with Gasteiger partial charge < -0.3 is 4.90 Å². The summed E-state index contributed by atoms with van der Waals surface area (Å²) in [6.45, 7) is 10.8. The molecule has 1 aromatic rings. The number of piperidine rings is 1. The number of rotatable bonds is 4. The van der Waals surface area contributed by atoms with E-state index in [9.17, 15) is 0 Å². The lowest BCUT2D eigenvalue weighted by Gasteiger charge is -2.32. The van der Waals surface area contributed by atoms with Gasteiger partial charge in [-0.1, -0.05) is 50.1 Å². The van der Waals surface area contributed by atoms with Crippen LogP contribution in [0.5, 0.6) is 0 Å². The first kappa shape index (κ1) is 13.6. The van der Waals surface area contributed by atoms with E-state index < -0.39 is 0 Å². The summed E-state index contributed by atoms with van der Waals surface area (Å²) in [7, 11) is 0. The average Bonchev–Trinajstić information content (AvgIpc) is 2.38. The lowest BCUT2D eigenvalue weighted by Crippen LogP contribution is -2.34. The molecule has 1 aromatic carbocycles. The van der Waals surface area contributed by atoms with Gasteiger partial charge in [0.25, 0.3) is 0 Å². The summed E-state index contributed by atoms with van der Waals surface area (Å²) < 4.78 is 0. The van der Waals surface area contributed by atoms with Crippen LogP contribution in [0, 0.1) is 6.92 Å². The largest absolute Gasteiger partial charge is 0.303 e. The molecule has 1 heterocycles. The Morgan fingerprint density at radius 3 is 2.22 bits per heavy atom. The fourth-order valence-electron chi connectivity index (χ4n) is 2.77. The molecular weight excluding hydrogens is 218 g/mol. The highest BCUT2D eigenvalue weighted by Crippen LogP contribution is 2.28. The highest BCUT2D eigenvalue weighted by atomic mass is 15.1. The standard InChI is InChI=1S/C17H27N/c1-15-7-9-16(10-8-15)17(2,3)11-14-18-12-5-4-6-13-18/h7-10H,4-6,11-14H2,1-3H3. The molecule has 0 atom stereocenters. The zero-order valence-electron chi connectivity index (χ0n) is 12.2. The van der Waals surface area contributed by atoms with E-state index in [1.807, 2.05) is 0 Å². The maximum absolute atomic E-state index is 2.64. The van der Waals surface area contributed by atoms with Crippen LogP contribution in [0.25, 0.3) is 0 Å². The Morgan fingerprint density at radius 1 is 1.00 bits per heavy atom. The molecule has 18 heavy (non-hydrogen) atoms. The van der Waals surface area contributed by atoms with Crippen molar-refractivity contribution in [1.29, 1.82) is 0 Å². The average molecular weight is 245 g/mol. The molecule has 1 heteroatoms. The highest BCUT2D eigenvalue weighted by Gasteiger charge is 2.22. The molecule has 0 radical (unpaired) electrons. The van der Waals surface area contributed by atoms with Gasteiger partial charge in [-0.15, -0.1) is 0 Å². The lowest BCUT2D eigenvalue weighted by molar-refractivity contribution is 0.210. The molecule has 0 spiro atoms. The zero-order chi connectivity index (χ0) is 13.0.